The van der Waals surface area contributed by atoms with Gasteiger partial charge in [0, 0.05) is 57.6 Å². The molecule has 7 heteroatoms. The second kappa shape index (κ2) is 9.17. The van der Waals surface area contributed by atoms with Gasteiger partial charge in [-0.2, -0.15) is 5.10 Å². The molecule has 2 aliphatic rings. The lowest BCUT2D eigenvalue weighted by Crippen LogP contribution is -2.57. The standard InChI is InChI=1S/C20H35N5O2/c1-15(2)17-13-18(22-21-17)20(27)25-7-6-19(16(14-25)5-4-12-26)24-10-8-23(3)9-11-24/h13,15-16,19,26H,4-12,14H2,1-3H3,(H,21,22)/t16-,19+/m1/s1. The van der Waals surface area contributed by atoms with Crippen LogP contribution in [0, 0.1) is 5.92 Å². The number of rotatable bonds is 6. The summed E-state index contributed by atoms with van der Waals surface area (Å²) in [6.45, 7) is 10.4. The van der Waals surface area contributed by atoms with Crippen molar-refractivity contribution < 1.29 is 9.90 Å². The summed E-state index contributed by atoms with van der Waals surface area (Å²) in [6.07, 6.45) is 2.78. The van der Waals surface area contributed by atoms with E-state index in [4.69, 9.17) is 0 Å². The molecule has 3 rings (SSSR count). The first-order valence-corrected chi connectivity index (χ1v) is 10.4. The minimum atomic E-state index is 0.0315. The van der Waals surface area contributed by atoms with Crippen molar-refractivity contribution in [1.29, 1.82) is 0 Å². The third-order valence-electron chi connectivity index (χ3n) is 6.16. The third-order valence-corrected chi connectivity index (χ3v) is 6.16. The number of aliphatic hydroxyl groups is 1. The van der Waals surface area contributed by atoms with Crippen LogP contribution in [0.1, 0.15) is 55.2 Å². The van der Waals surface area contributed by atoms with E-state index < -0.39 is 0 Å². The number of hydrogen-bond acceptors (Lipinski definition) is 5. The number of hydrogen-bond donors (Lipinski definition) is 2. The number of amides is 1. The normalized spacial score (nSPS) is 25.3. The van der Waals surface area contributed by atoms with Crippen LogP contribution in [0.25, 0.3) is 0 Å². The Hall–Kier alpha value is -1.44. The van der Waals surface area contributed by atoms with Crippen LogP contribution in [0.2, 0.25) is 0 Å². The van der Waals surface area contributed by atoms with Gasteiger partial charge in [0.25, 0.3) is 5.91 Å². The van der Waals surface area contributed by atoms with Crippen LogP contribution >= 0.6 is 0 Å². The summed E-state index contributed by atoms with van der Waals surface area (Å²) in [5, 5.41) is 16.6. The number of aromatic nitrogens is 2. The van der Waals surface area contributed by atoms with Gasteiger partial charge in [0.15, 0.2) is 0 Å². The molecule has 2 saturated heterocycles. The Balaban J connectivity index is 1.66. The van der Waals surface area contributed by atoms with E-state index in [-0.39, 0.29) is 12.5 Å². The lowest BCUT2D eigenvalue weighted by atomic mass is 9.86. The quantitative estimate of drug-likeness (QED) is 0.783. The van der Waals surface area contributed by atoms with Crippen LogP contribution in [0.3, 0.4) is 0 Å². The zero-order valence-corrected chi connectivity index (χ0v) is 17.0. The molecule has 2 N–H and O–H groups in total. The number of likely N-dealkylation sites (N-methyl/N-ethyl adjacent to an activating group) is 1. The number of likely N-dealkylation sites (tertiary alicyclic amines) is 1. The Labute approximate surface area is 162 Å². The molecule has 2 fully saturated rings. The molecule has 0 aromatic carbocycles. The van der Waals surface area contributed by atoms with Gasteiger partial charge in [-0.1, -0.05) is 13.8 Å². The second-order valence-corrected chi connectivity index (χ2v) is 8.44. The van der Waals surface area contributed by atoms with Crippen LogP contribution in [0.15, 0.2) is 6.07 Å². The Morgan fingerprint density at radius 1 is 1.30 bits per heavy atom. The first kappa shape index (κ1) is 20.3. The minimum absolute atomic E-state index is 0.0315. The zero-order valence-electron chi connectivity index (χ0n) is 17.0. The van der Waals surface area contributed by atoms with Gasteiger partial charge < -0.3 is 14.9 Å². The molecular weight excluding hydrogens is 342 g/mol. The number of carbonyl (C=O) groups excluding carboxylic acids is 1. The fraction of sp³-hybridized carbons (Fsp3) is 0.800. The van der Waals surface area contributed by atoms with E-state index in [1.807, 2.05) is 11.0 Å². The van der Waals surface area contributed by atoms with Gasteiger partial charge in [0.1, 0.15) is 5.69 Å². The Kier molecular flexibility index (Phi) is 6.89. The van der Waals surface area contributed by atoms with Crippen LogP contribution in [0.4, 0.5) is 0 Å². The van der Waals surface area contributed by atoms with Crippen molar-refractivity contribution in [3.05, 3.63) is 17.5 Å². The number of piperazine rings is 1. The maximum atomic E-state index is 13.0. The highest BCUT2D eigenvalue weighted by molar-refractivity contribution is 5.92. The molecule has 2 atom stereocenters. The van der Waals surface area contributed by atoms with E-state index in [0.29, 0.717) is 23.6 Å². The molecule has 3 heterocycles. The van der Waals surface area contributed by atoms with Gasteiger partial charge in [-0.25, -0.2) is 0 Å². The first-order valence-electron chi connectivity index (χ1n) is 10.4. The van der Waals surface area contributed by atoms with E-state index in [0.717, 1.165) is 64.2 Å². The van der Waals surface area contributed by atoms with Gasteiger partial charge in [-0.05, 0) is 44.2 Å². The smallest absolute Gasteiger partial charge is 0.274 e. The van der Waals surface area contributed by atoms with Gasteiger partial charge in [0.05, 0.1) is 0 Å². The summed E-state index contributed by atoms with van der Waals surface area (Å²) in [6, 6.07) is 2.40. The summed E-state index contributed by atoms with van der Waals surface area (Å²) in [4.78, 5) is 19.9. The van der Waals surface area contributed by atoms with E-state index in [2.05, 4.69) is 40.9 Å². The molecule has 0 radical (unpaired) electrons. The molecule has 7 nitrogen and oxygen atoms in total. The molecule has 27 heavy (non-hydrogen) atoms. The second-order valence-electron chi connectivity index (χ2n) is 8.44. The van der Waals surface area contributed by atoms with E-state index in [1.165, 1.54) is 0 Å². The summed E-state index contributed by atoms with van der Waals surface area (Å²) in [5.74, 6) is 0.782. The lowest BCUT2D eigenvalue weighted by Gasteiger charge is -2.46. The summed E-state index contributed by atoms with van der Waals surface area (Å²) in [7, 11) is 2.18. The molecule has 0 unspecified atom stereocenters. The molecule has 0 aliphatic carbocycles. The Morgan fingerprint density at radius 2 is 2.04 bits per heavy atom. The number of nitrogens with zero attached hydrogens (tertiary/aromatic N) is 4. The molecule has 0 bridgehead atoms. The van der Waals surface area contributed by atoms with Crippen LogP contribution < -0.4 is 0 Å². The highest BCUT2D eigenvalue weighted by atomic mass is 16.3. The number of aromatic amines is 1. The first-order chi connectivity index (χ1) is 13.0. The third kappa shape index (κ3) is 4.89. The zero-order chi connectivity index (χ0) is 19.4. The molecule has 0 saturated carbocycles. The number of H-pyrrole nitrogens is 1. The summed E-state index contributed by atoms with van der Waals surface area (Å²) in [5.41, 5.74) is 1.53. The number of aliphatic hydroxyl groups excluding tert-OH is 1. The van der Waals surface area contributed by atoms with Crippen molar-refractivity contribution in [1.82, 2.24) is 24.9 Å². The van der Waals surface area contributed by atoms with Crippen LogP contribution in [-0.4, -0.2) is 94.9 Å². The highest BCUT2D eigenvalue weighted by Crippen LogP contribution is 2.28. The molecule has 1 amide bonds. The lowest BCUT2D eigenvalue weighted by molar-refractivity contribution is 0.0215. The van der Waals surface area contributed by atoms with Gasteiger partial charge >= 0.3 is 0 Å². The molecular formula is C20H35N5O2. The van der Waals surface area contributed by atoms with E-state index in [9.17, 15) is 9.90 Å². The molecule has 0 spiro atoms. The monoisotopic (exact) mass is 377 g/mol. The average molecular weight is 378 g/mol. The van der Waals surface area contributed by atoms with Crippen molar-refractivity contribution in [3.63, 3.8) is 0 Å². The fourth-order valence-corrected chi connectivity index (χ4v) is 4.38. The van der Waals surface area contributed by atoms with Crippen molar-refractivity contribution in [3.8, 4) is 0 Å². The largest absolute Gasteiger partial charge is 0.396 e. The number of nitrogens with one attached hydrogen (secondary N) is 1. The molecule has 2 aliphatic heterocycles. The molecule has 1 aromatic heterocycles. The topological polar surface area (TPSA) is 75.7 Å². The van der Waals surface area contributed by atoms with E-state index in [1.54, 1.807) is 0 Å². The number of carbonyl (C=O) groups is 1. The van der Waals surface area contributed by atoms with Crippen molar-refractivity contribution in [2.75, 3.05) is 52.9 Å². The highest BCUT2D eigenvalue weighted by Gasteiger charge is 2.36. The van der Waals surface area contributed by atoms with Gasteiger partial charge in [-0.15, -0.1) is 0 Å². The molecule has 1 aromatic rings. The summed E-state index contributed by atoms with van der Waals surface area (Å²) >= 11 is 0. The average Bonchev–Trinajstić information content (AvgIpc) is 3.17. The van der Waals surface area contributed by atoms with Crippen molar-refractivity contribution in [2.45, 2.75) is 45.1 Å². The Morgan fingerprint density at radius 3 is 2.67 bits per heavy atom. The maximum Gasteiger partial charge on any atom is 0.274 e. The summed E-state index contributed by atoms with van der Waals surface area (Å²) < 4.78 is 0. The predicted octanol–water partition coefficient (Wildman–Crippen LogP) is 1.38. The van der Waals surface area contributed by atoms with E-state index >= 15 is 0 Å². The Bertz CT molecular complexity index is 609. The minimum Gasteiger partial charge on any atom is -0.396 e. The van der Waals surface area contributed by atoms with Gasteiger partial charge in [0.2, 0.25) is 0 Å². The predicted molar refractivity (Wildman–Crippen MR) is 106 cm³/mol. The van der Waals surface area contributed by atoms with Crippen LogP contribution in [-0.2, 0) is 0 Å². The van der Waals surface area contributed by atoms with Crippen molar-refractivity contribution in [2.24, 2.45) is 5.92 Å². The van der Waals surface area contributed by atoms with Crippen molar-refractivity contribution >= 4 is 5.91 Å². The van der Waals surface area contributed by atoms with Crippen LogP contribution in [0.5, 0.6) is 0 Å². The maximum absolute atomic E-state index is 13.0. The number of piperidine rings is 1. The fourth-order valence-electron chi connectivity index (χ4n) is 4.38. The SMILES string of the molecule is CC(C)c1cc(C(=O)N2CC[C@H](N3CCN(C)CC3)[C@H](CCCO)C2)n[nH]1. The van der Waals surface area contributed by atoms with Gasteiger partial charge in [-0.3, -0.25) is 14.8 Å². The molecule has 152 valence electrons.